The SMILES string of the molecule is Cc1ccc2c(c1)N(CC(=O)N(Cc1ccccc1)c1ccccc1)C(=O)C(C)(C)O2. The molecule has 5 nitrogen and oxygen atoms in total. The molecule has 0 fully saturated rings. The van der Waals surface area contributed by atoms with Crippen LogP contribution in [0.4, 0.5) is 11.4 Å². The Morgan fingerprint density at radius 1 is 0.968 bits per heavy atom. The lowest BCUT2D eigenvalue weighted by Gasteiger charge is -2.39. The molecule has 0 atom stereocenters. The molecule has 2 amide bonds. The number of amides is 2. The smallest absolute Gasteiger partial charge is 0.271 e. The summed E-state index contributed by atoms with van der Waals surface area (Å²) in [4.78, 5) is 30.0. The minimum Gasteiger partial charge on any atom is -0.476 e. The lowest BCUT2D eigenvalue weighted by atomic mass is 10.0. The molecule has 0 spiro atoms. The van der Waals surface area contributed by atoms with Gasteiger partial charge in [-0.3, -0.25) is 14.5 Å². The second-order valence-corrected chi connectivity index (χ2v) is 8.28. The zero-order valence-corrected chi connectivity index (χ0v) is 18.0. The maximum absolute atomic E-state index is 13.6. The van der Waals surface area contributed by atoms with Gasteiger partial charge in [-0.05, 0) is 56.2 Å². The zero-order chi connectivity index (χ0) is 22.0. The summed E-state index contributed by atoms with van der Waals surface area (Å²) < 4.78 is 5.92. The molecule has 4 rings (SSSR count). The van der Waals surface area contributed by atoms with Gasteiger partial charge in [0.05, 0.1) is 12.2 Å². The van der Waals surface area contributed by atoms with E-state index in [0.717, 1.165) is 16.8 Å². The van der Waals surface area contributed by atoms with E-state index in [9.17, 15) is 9.59 Å². The Morgan fingerprint density at radius 3 is 2.29 bits per heavy atom. The molecule has 1 aliphatic heterocycles. The summed E-state index contributed by atoms with van der Waals surface area (Å²) in [6.07, 6.45) is 0. The summed E-state index contributed by atoms with van der Waals surface area (Å²) in [5.41, 5.74) is 2.40. The van der Waals surface area contributed by atoms with Gasteiger partial charge < -0.3 is 9.64 Å². The first kappa shape index (κ1) is 20.7. The van der Waals surface area contributed by atoms with E-state index in [1.54, 1.807) is 23.6 Å². The van der Waals surface area contributed by atoms with Gasteiger partial charge in [0.25, 0.3) is 5.91 Å². The van der Waals surface area contributed by atoms with Crippen molar-refractivity contribution in [3.8, 4) is 5.75 Å². The number of hydrogen-bond donors (Lipinski definition) is 0. The second kappa shape index (κ2) is 8.26. The number of para-hydroxylation sites is 1. The number of anilines is 2. The van der Waals surface area contributed by atoms with Gasteiger partial charge in [-0.15, -0.1) is 0 Å². The van der Waals surface area contributed by atoms with E-state index in [0.29, 0.717) is 18.0 Å². The Hall–Kier alpha value is -3.60. The number of ether oxygens (including phenoxy) is 1. The number of nitrogens with zero attached hydrogens (tertiary/aromatic N) is 2. The molecule has 1 heterocycles. The molecule has 5 heteroatoms. The van der Waals surface area contributed by atoms with Gasteiger partial charge in [-0.2, -0.15) is 0 Å². The third-order valence-electron chi connectivity index (χ3n) is 5.38. The van der Waals surface area contributed by atoms with Crippen LogP contribution < -0.4 is 14.5 Å². The Morgan fingerprint density at radius 2 is 1.61 bits per heavy atom. The lowest BCUT2D eigenvalue weighted by Crippen LogP contribution is -2.55. The van der Waals surface area contributed by atoms with Crippen molar-refractivity contribution in [2.24, 2.45) is 0 Å². The van der Waals surface area contributed by atoms with Crippen LogP contribution in [-0.2, 0) is 16.1 Å². The predicted molar refractivity (Wildman–Crippen MR) is 122 cm³/mol. The lowest BCUT2D eigenvalue weighted by molar-refractivity contribution is -0.134. The number of hydrogen-bond acceptors (Lipinski definition) is 3. The zero-order valence-electron chi connectivity index (χ0n) is 18.0. The Labute approximate surface area is 182 Å². The minimum atomic E-state index is -1.04. The van der Waals surface area contributed by atoms with Crippen LogP contribution in [-0.4, -0.2) is 24.0 Å². The third kappa shape index (κ3) is 4.31. The van der Waals surface area contributed by atoms with Gasteiger partial charge in [-0.25, -0.2) is 0 Å². The molecule has 158 valence electrons. The fourth-order valence-corrected chi connectivity index (χ4v) is 3.75. The van der Waals surface area contributed by atoms with E-state index in [1.807, 2.05) is 85.8 Å². The summed E-state index contributed by atoms with van der Waals surface area (Å²) in [5.74, 6) is 0.220. The first-order valence-corrected chi connectivity index (χ1v) is 10.4. The number of benzene rings is 3. The van der Waals surface area contributed by atoms with Gasteiger partial charge in [0, 0.05) is 5.69 Å². The Bertz CT molecular complexity index is 1090. The summed E-state index contributed by atoms with van der Waals surface area (Å²) >= 11 is 0. The Kier molecular flexibility index (Phi) is 5.51. The van der Waals surface area contributed by atoms with Crippen molar-refractivity contribution in [2.45, 2.75) is 32.9 Å². The summed E-state index contributed by atoms with van der Waals surface area (Å²) in [7, 11) is 0. The van der Waals surface area contributed by atoms with Crippen LogP contribution in [0, 0.1) is 6.92 Å². The number of carbonyl (C=O) groups excluding carboxylic acids is 2. The molecule has 0 saturated carbocycles. The molecule has 3 aromatic rings. The van der Waals surface area contributed by atoms with Crippen molar-refractivity contribution in [3.63, 3.8) is 0 Å². The highest BCUT2D eigenvalue weighted by molar-refractivity contribution is 6.08. The standard InChI is InChI=1S/C26H26N2O3/c1-19-14-15-23-22(16-19)28(25(30)26(2,3)31-23)18-24(29)27(21-12-8-5-9-13-21)17-20-10-6-4-7-11-20/h4-16H,17-18H2,1-3H3. The molecule has 1 aliphatic rings. The number of aryl methyl sites for hydroxylation is 1. The van der Waals surface area contributed by atoms with Crippen molar-refractivity contribution >= 4 is 23.2 Å². The fourth-order valence-electron chi connectivity index (χ4n) is 3.75. The van der Waals surface area contributed by atoms with E-state index >= 15 is 0 Å². The van der Waals surface area contributed by atoms with Crippen molar-refractivity contribution < 1.29 is 14.3 Å². The third-order valence-corrected chi connectivity index (χ3v) is 5.38. The summed E-state index contributed by atoms with van der Waals surface area (Å²) in [6.45, 7) is 5.77. The first-order chi connectivity index (χ1) is 14.8. The molecular formula is C26H26N2O3. The maximum Gasteiger partial charge on any atom is 0.271 e. The average Bonchev–Trinajstić information content (AvgIpc) is 2.77. The predicted octanol–water partition coefficient (Wildman–Crippen LogP) is 4.73. The Balaban J connectivity index is 1.68. The highest BCUT2D eigenvalue weighted by Crippen LogP contribution is 2.38. The normalized spacial score (nSPS) is 14.5. The minimum absolute atomic E-state index is 0.0657. The van der Waals surface area contributed by atoms with Crippen LogP contribution in [0.5, 0.6) is 5.75 Å². The molecule has 0 N–H and O–H groups in total. The molecule has 31 heavy (non-hydrogen) atoms. The highest BCUT2D eigenvalue weighted by atomic mass is 16.5. The summed E-state index contributed by atoms with van der Waals surface area (Å²) in [6, 6.07) is 25.1. The van der Waals surface area contributed by atoms with Crippen LogP contribution in [0.25, 0.3) is 0 Å². The van der Waals surface area contributed by atoms with Gasteiger partial charge >= 0.3 is 0 Å². The number of rotatable bonds is 5. The van der Waals surface area contributed by atoms with Gasteiger partial charge in [0.2, 0.25) is 5.91 Å². The molecule has 0 saturated heterocycles. The van der Waals surface area contributed by atoms with Crippen molar-refractivity contribution in [3.05, 3.63) is 90.0 Å². The van der Waals surface area contributed by atoms with E-state index in [-0.39, 0.29) is 18.4 Å². The topological polar surface area (TPSA) is 49.9 Å². The monoisotopic (exact) mass is 414 g/mol. The van der Waals surface area contributed by atoms with E-state index in [4.69, 9.17) is 4.74 Å². The highest BCUT2D eigenvalue weighted by Gasteiger charge is 2.42. The van der Waals surface area contributed by atoms with Crippen LogP contribution in [0.1, 0.15) is 25.0 Å². The van der Waals surface area contributed by atoms with Gasteiger partial charge in [0.15, 0.2) is 5.60 Å². The van der Waals surface area contributed by atoms with Crippen LogP contribution in [0.2, 0.25) is 0 Å². The van der Waals surface area contributed by atoms with E-state index in [1.165, 1.54) is 0 Å². The molecule has 3 aromatic carbocycles. The first-order valence-electron chi connectivity index (χ1n) is 10.4. The van der Waals surface area contributed by atoms with E-state index in [2.05, 4.69) is 0 Å². The van der Waals surface area contributed by atoms with E-state index < -0.39 is 5.60 Å². The van der Waals surface area contributed by atoms with Crippen molar-refractivity contribution in [2.75, 3.05) is 16.3 Å². The van der Waals surface area contributed by atoms with Crippen LogP contribution in [0.3, 0.4) is 0 Å². The number of carbonyl (C=O) groups is 2. The van der Waals surface area contributed by atoms with Crippen LogP contribution in [0.15, 0.2) is 78.9 Å². The van der Waals surface area contributed by atoms with Crippen molar-refractivity contribution in [1.82, 2.24) is 0 Å². The van der Waals surface area contributed by atoms with Crippen LogP contribution >= 0.6 is 0 Å². The molecule has 0 bridgehead atoms. The molecular weight excluding hydrogens is 388 g/mol. The van der Waals surface area contributed by atoms with Gasteiger partial charge in [-0.1, -0.05) is 54.6 Å². The average molecular weight is 415 g/mol. The quantitative estimate of drug-likeness (QED) is 0.606. The largest absolute Gasteiger partial charge is 0.476 e. The van der Waals surface area contributed by atoms with Crippen molar-refractivity contribution in [1.29, 1.82) is 0 Å². The second-order valence-electron chi connectivity index (χ2n) is 8.28. The number of fused-ring (bicyclic) bond motifs is 1. The molecule has 0 aromatic heterocycles. The van der Waals surface area contributed by atoms with Gasteiger partial charge in [0.1, 0.15) is 12.3 Å². The fraction of sp³-hybridized carbons (Fsp3) is 0.231. The molecule has 0 aliphatic carbocycles. The molecule has 0 radical (unpaired) electrons. The molecule has 0 unspecified atom stereocenters. The summed E-state index contributed by atoms with van der Waals surface area (Å²) in [5, 5.41) is 0. The maximum atomic E-state index is 13.6.